The lowest BCUT2D eigenvalue weighted by Gasteiger charge is -2.34. The molecule has 0 aliphatic carbocycles. The van der Waals surface area contributed by atoms with Gasteiger partial charge in [-0.2, -0.15) is 13.2 Å². The van der Waals surface area contributed by atoms with Crippen molar-refractivity contribution in [2.75, 3.05) is 56.6 Å². The van der Waals surface area contributed by atoms with E-state index in [1.807, 2.05) is 9.80 Å². The Labute approximate surface area is 250 Å². The lowest BCUT2D eigenvalue weighted by atomic mass is 10.1. The van der Waals surface area contributed by atoms with Gasteiger partial charge in [0.2, 0.25) is 0 Å². The number of halogens is 3. The van der Waals surface area contributed by atoms with Crippen LogP contribution in [0.4, 0.5) is 24.1 Å². The van der Waals surface area contributed by atoms with Crippen molar-refractivity contribution in [3.05, 3.63) is 46.7 Å². The predicted octanol–water partition coefficient (Wildman–Crippen LogP) is 4.07. The van der Waals surface area contributed by atoms with E-state index in [1.165, 1.54) is 36.9 Å². The second-order valence-corrected chi connectivity index (χ2v) is 11.7. The van der Waals surface area contributed by atoms with Gasteiger partial charge in [-0.25, -0.2) is 15.0 Å². The number of anilines is 2. The normalized spacial score (nSPS) is 18.2. The van der Waals surface area contributed by atoms with E-state index >= 15 is 0 Å². The van der Waals surface area contributed by atoms with Crippen molar-refractivity contribution in [2.45, 2.75) is 38.5 Å². The van der Waals surface area contributed by atoms with Crippen LogP contribution in [0, 0.1) is 0 Å². The first kappa shape index (κ1) is 30.6. The van der Waals surface area contributed by atoms with E-state index in [9.17, 15) is 22.8 Å². The minimum Gasteiger partial charge on any atom is -0.497 e. The number of carboxylic acids is 1. The number of thiazole rings is 1. The van der Waals surface area contributed by atoms with Gasteiger partial charge in [-0.1, -0.05) is 11.3 Å². The van der Waals surface area contributed by atoms with Crippen LogP contribution in [-0.4, -0.2) is 94.2 Å². The smallest absolute Gasteiger partial charge is 0.416 e. The molecule has 1 aromatic carbocycles. The number of piperazine rings is 1. The van der Waals surface area contributed by atoms with Crippen molar-refractivity contribution in [2.24, 2.45) is 0 Å². The van der Waals surface area contributed by atoms with E-state index < -0.39 is 23.6 Å². The number of hydrogen-bond acceptors (Lipinski definition) is 10. The molecule has 2 fully saturated rings. The molecule has 0 saturated carbocycles. The van der Waals surface area contributed by atoms with E-state index in [0.29, 0.717) is 50.3 Å². The van der Waals surface area contributed by atoms with Crippen molar-refractivity contribution >= 4 is 34.2 Å². The Morgan fingerprint density at radius 2 is 1.88 bits per heavy atom. The lowest BCUT2D eigenvalue weighted by Crippen LogP contribution is -2.48. The fraction of sp³-hybridized carbons (Fsp3) is 0.464. The minimum atomic E-state index is -4.57. The van der Waals surface area contributed by atoms with Gasteiger partial charge in [0.25, 0.3) is 5.91 Å². The Balaban J connectivity index is 1.35. The van der Waals surface area contributed by atoms with E-state index in [1.54, 1.807) is 0 Å². The maximum Gasteiger partial charge on any atom is 0.416 e. The van der Waals surface area contributed by atoms with Gasteiger partial charge < -0.3 is 14.7 Å². The van der Waals surface area contributed by atoms with Crippen LogP contribution in [0.5, 0.6) is 5.75 Å². The van der Waals surface area contributed by atoms with Gasteiger partial charge in [-0.15, -0.1) is 0 Å². The number of carbonyl (C=O) groups excluding carboxylic acids is 1. The second kappa shape index (κ2) is 12.8. The van der Waals surface area contributed by atoms with Gasteiger partial charge in [0.1, 0.15) is 17.3 Å². The number of methoxy groups -OCH3 is 1. The molecule has 1 amide bonds. The molecule has 2 saturated heterocycles. The summed E-state index contributed by atoms with van der Waals surface area (Å²) in [6.07, 6.45) is 0.332. The van der Waals surface area contributed by atoms with Crippen LogP contribution in [0.2, 0.25) is 0 Å². The summed E-state index contributed by atoms with van der Waals surface area (Å²) in [7, 11) is 1.31. The third-order valence-electron chi connectivity index (χ3n) is 7.62. The van der Waals surface area contributed by atoms with Gasteiger partial charge >= 0.3 is 12.1 Å². The summed E-state index contributed by atoms with van der Waals surface area (Å²) >= 11 is 1.21. The molecule has 2 aromatic heterocycles. The summed E-state index contributed by atoms with van der Waals surface area (Å²) in [5, 5.41) is 12.0. The largest absolute Gasteiger partial charge is 0.497 e. The highest BCUT2D eigenvalue weighted by Gasteiger charge is 2.32. The molecule has 5 rings (SSSR count). The number of amides is 1. The Morgan fingerprint density at radius 1 is 1.12 bits per heavy atom. The van der Waals surface area contributed by atoms with E-state index in [-0.39, 0.29) is 28.7 Å². The minimum absolute atomic E-state index is 0.0167. The Kier molecular flexibility index (Phi) is 9.13. The molecule has 230 valence electrons. The van der Waals surface area contributed by atoms with Gasteiger partial charge in [-0.05, 0) is 44.5 Å². The number of aromatic nitrogens is 3. The predicted molar refractivity (Wildman–Crippen MR) is 154 cm³/mol. The monoisotopic (exact) mass is 619 g/mol. The van der Waals surface area contributed by atoms with Crippen LogP contribution >= 0.6 is 11.3 Å². The first-order chi connectivity index (χ1) is 20.5. The molecule has 15 heteroatoms. The van der Waals surface area contributed by atoms with Gasteiger partial charge in [0, 0.05) is 49.2 Å². The van der Waals surface area contributed by atoms with Crippen molar-refractivity contribution < 1.29 is 32.6 Å². The first-order valence-corrected chi connectivity index (χ1v) is 14.6. The van der Waals surface area contributed by atoms with Gasteiger partial charge in [-0.3, -0.25) is 24.7 Å². The summed E-state index contributed by atoms with van der Waals surface area (Å²) < 4.78 is 46.2. The van der Waals surface area contributed by atoms with Crippen molar-refractivity contribution in [3.8, 4) is 17.0 Å². The summed E-state index contributed by atoms with van der Waals surface area (Å²) in [5.74, 6) is -0.789. The third-order valence-corrected chi connectivity index (χ3v) is 8.58. The number of nitrogens with one attached hydrogen (secondary N) is 1. The van der Waals surface area contributed by atoms with Crippen LogP contribution in [0.25, 0.3) is 11.3 Å². The Bertz CT molecular complexity index is 1460. The van der Waals surface area contributed by atoms with E-state index in [0.717, 1.165) is 36.4 Å². The molecule has 43 heavy (non-hydrogen) atoms. The third kappa shape index (κ3) is 7.40. The van der Waals surface area contributed by atoms with E-state index in [2.05, 4.69) is 32.1 Å². The van der Waals surface area contributed by atoms with Crippen LogP contribution in [0.3, 0.4) is 0 Å². The molecule has 2 aliphatic rings. The molecular weight excluding hydrogens is 587 g/mol. The Morgan fingerprint density at radius 3 is 2.49 bits per heavy atom. The quantitative estimate of drug-likeness (QED) is 0.362. The van der Waals surface area contributed by atoms with Crippen LogP contribution in [0.1, 0.15) is 40.7 Å². The highest BCUT2D eigenvalue weighted by atomic mass is 32.1. The number of rotatable bonds is 9. The molecule has 0 unspecified atom stereocenters. The van der Waals surface area contributed by atoms with Crippen molar-refractivity contribution in [1.29, 1.82) is 0 Å². The van der Waals surface area contributed by atoms with Crippen molar-refractivity contribution in [3.63, 3.8) is 0 Å². The lowest BCUT2D eigenvalue weighted by molar-refractivity contribution is -0.139. The molecule has 4 heterocycles. The fourth-order valence-electron chi connectivity index (χ4n) is 5.26. The zero-order valence-corrected chi connectivity index (χ0v) is 24.5. The summed E-state index contributed by atoms with van der Waals surface area (Å²) in [6, 6.07) is 3.82. The number of carboxylic acid groups (broad SMARTS) is 1. The Hall–Kier alpha value is -3.82. The zero-order valence-electron chi connectivity index (χ0n) is 23.7. The standard InChI is InChI=1S/C28H32F3N7O4S/c1-17-4-3-5-38(17)15-22-25(18-10-19(28(29,30)31)12-20(11-18)42-2)34-27(43-22)35-26(41)21-13-33-23(14-32-21)37-8-6-36(7-9-37)16-24(39)40/h10-14,17H,3-9,15-16H2,1-2H3,(H,39,40)(H,34,35,41)/t17-/m1/s1. The van der Waals surface area contributed by atoms with E-state index in [4.69, 9.17) is 9.84 Å². The number of ether oxygens (including phenoxy) is 1. The fourth-order valence-corrected chi connectivity index (χ4v) is 6.26. The highest BCUT2D eigenvalue weighted by Crippen LogP contribution is 2.39. The number of hydrogen-bond donors (Lipinski definition) is 2. The van der Waals surface area contributed by atoms with Gasteiger partial charge in [0.15, 0.2) is 5.13 Å². The summed E-state index contributed by atoms with van der Waals surface area (Å²) in [6.45, 7) is 5.73. The number of aliphatic carboxylic acids is 1. The molecule has 1 atom stereocenters. The molecular formula is C28H32F3N7O4S. The topological polar surface area (TPSA) is 124 Å². The summed E-state index contributed by atoms with van der Waals surface area (Å²) in [5.41, 5.74) is -0.190. The number of benzene rings is 1. The highest BCUT2D eigenvalue weighted by molar-refractivity contribution is 7.16. The first-order valence-electron chi connectivity index (χ1n) is 13.8. The van der Waals surface area contributed by atoms with Crippen LogP contribution < -0.4 is 15.0 Å². The molecule has 2 aliphatic heterocycles. The van der Waals surface area contributed by atoms with Crippen molar-refractivity contribution in [1.82, 2.24) is 24.8 Å². The molecule has 0 radical (unpaired) electrons. The number of carbonyl (C=O) groups is 2. The zero-order chi connectivity index (χ0) is 30.7. The van der Waals surface area contributed by atoms with Crippen LogP contribution in [-0.2, 0) is 17.5 Å². The number of likely N-dealkylation sites (tertiary alicyclic amines) is 1. The number of alkyl halides is 3. The number of nitrogens with zero attached hydrogens (tertiary/aromatic N) is 6. The second-order valence-electron chi connectivity index (χ2n) is 10.6. The molecule has 3 aromatic rings. The summed E-state index contributed by atoms with van der Waals surface area (Å²) in [4.78, 5) is 44.0. The average molecular weight is 620 g/mol. The SMILES string of the molecule is COc1cc(-c2nc(NC(=O)c3cnc(N4CCN(CC(=O)O)CC4)cn3)sc2CN2CCC[C@H]2C)cc(C(F)(F)F)c1. The maximum absolute atomic E-state index is 13.7. The molecule has 11 nitrogen and oxygen atoms in total. The van der Waals surface area contributed by atoms with Crippen LogP contribution in [0.15, 0.2) is 30.6 Å². The van der Waals surface area contributed by atoms with Gasteiger partial charge in [0.05, 0.1) is 37.3 Å². The molecule has 0 bridgehead atoms. The maximum atomic E-state index is 13.7. The molecule has 2 N–H and O–H groups in total. The average Bonchev–Trinajstić information content (AvgIpc) is 3.57. The molecule has 0 spiro atoms.